The Hall–Kier alpha value is -2.00. The van der Waals surface area contributed by atoms with Gasteiger partial charge in [-0.25, -0.2) is 0 Å². The minimum Gasteiger partial charge on any atom is -0.490 e. The van der Waals surface area contributed by atoms with E-state index in [9.17, 15) is 20.4 Å². The highest BCUT2D eigenvalue weighted by atomic mass is 16.5. The van der Waals surface area contributed by atoms with Crippen LogP contribution < -0.4 is 4.74 Å². The molecular formula is C27H36O7. The van der Waals surface area contributed by atoms with Gasteiger partial charge in [0.1, 0.15) is 42.4 Å². The molecule has 0 spiro atoms. The predicted molar refractivity (Wildman–Crippen MR) is 127 cm³/mol. The molecule has 4 rings (SSSR count). The fourth-order valence-electron chi connectivity index (χ4n) is 4.96. The monoisotopic (exact) mass is 472 g/mol. The van der Waals surface area contributed by atoms with Gasteiger partial charge in [-0.05, 0) is 67.0 Å². The van der Waals surface area contributed by atoms with Crippen molar-refractivity contribution < 1.29 is 34.6 Å². The van der Waals surface area contributed by atoms with Gasteiger partial charge in [0, 0.05) is 13.5 Å². The lowest BCUT2D eigenvalue weighted by molar-refractivity contribution is -0.231. The van der Waals surface area contributed by atoms with Crippen LogP contribution >= 0.6 is 0 Å². The third kappa shape index (κ3) is 5.62. The molecular weight excluding hydrogens is 436 g/mol. The van der Waals surface area contributed by atoms with Crippen LogP contribution in [0.4, 0.5) is 0 Å². The summed E-state index contributed by atoms with van der Waals surface area (Å²) in [6.45, 7) is 1.58. The average Bonchev–Trinajstić information content (AvgIpc) is 2.85. The molecule has 1 saturated heterocycles. The maximum Gasteiger partial charge on any atom is 0.119 e. The molecule has 1 heterocycles. The summed E-state index contributed by atoms with van der Waals surface area (Å²) in [5.41, 5.74) is 3.99. The van der Waals surface area contributed by atoms with Crippen LogP contribution in [-0.4, -0.2) is 70.8 Å². The lowest BCUT2D eigenvalue weighted by Crippen LogP contribution is -2.55. The van der Waals surface area contributed by atoms with Gasteiger partial charge in [-0.2, -0.15) is 0 Å². The van der Waals surface area contributed by atoms with E-state index in [4.69, 9.17) is 14.2 Å². The van der Waals surface area contributed by atoms with Gasteiger partial charge < -0.3 is 34.6 Å². The summed E-state index contributed by atoms with van der Waals surface area (Å²) in [4.78, 5) is 0. The number of aliphatic hydroxyl groups excluding tert-OH is 4. The summed E-state index contributed by atoms with van der Waals surface area (Å²) < 4.78 is 17.4. The average molecular weight is 473 g/mol. The molecule has 1 saturated carbocycles. The smallest absolute Gasteiger partial charge is 0.119 e. The van der Waals surface area contributed by atoms with E-state index in [1.54, 1.807) is 7.11 Å². The first kappa shape index (κ1) is 25.1. The Labute approximate surface area is 200 Å². The van der Waals surface area contributed by atoms with E-state index >= 15 is 0 Å². The van der Waals surface area contributed by atoms with Crippen LogP contribution in [-0.2, 0) is 15.9 Å². The molecule has 1 aliphatic carbocycles. The second-order valence-electron chi connectivity index (χ2n) is 9.52. The van der Waals surface area contributed by atoms with E-state index in [1.807, 2.05) is 37.3 Å². The second kappa shape index (κ2) is 11.2. The standard InChI is InChI=1S/C27H36O7/c1-16-6-9-18(27-26(31)25(30)24(29)23(15-28)34-27)13-19(16)12-17-7-10-20(11-8-17)33-22-5-3-4-21(14-22)32-2/h6-11,13,21-31H,3-5,12,14-15H2,1-2H3/t21?,22?,23-,24-,25+,26-,27+/m1/s1. The van der Waals surface area contributed by atoms with E-state index in [0.29, 0.717) is 12.0 Å². The van der Waals surface area contributed by atoms with Crippen LogP contribution in [0.1, 0.15) is 54.0 Å². The Balaban J connectivity index is 1.44. The molecule has 2 aromatic rings. The van der Waals surface area contributed by atoms with Gasteiger partial charge >= 0.3 is 0 Å². The molecule has 7 atom stereocenters. The van der Waals surface area contributed by atoms with Crippen LogP contribution in [0, 0.1) is 6.92 Å². The zero-order chi connectivity index (χ0) is 24.2. The van der Waals surface area contributed by atoms with Crippen LogP contribution in [0.5, 0.6) is 5.75 Å². The van der Waals surface area contributed by atoms with Crippen LogP contribution in [0.25, 0.3) is 0 Å². The molecule has 2 fully saturated rings. The van der Waals surface area contributed by atoms with Crippen molar-refractivity contribution in [2.24, 2.45) is 0 Å². The second-order valence-corrected chi connectivity index (χ2v) is 9.52. The van der Waals surface area contributed by atoms with Crippen molar-refractivity contribution in [2.45, 2.75) is 81.8 Å². The molecule has 7 heteroatoms. The van der Waals surface area contributed by atoms with Crippen LogP contribution in [0.15, 0.2) is 42.5 Å². The molecule has 0 amide bonds. The lowest BCUT2D eigenvalue weighted by Gasteiger charge is -2.40. The minimum atomic E-state index is -1.39. The SMILES string of the molecule is COC1CCCC(Oc2ccc(Cc3cc([C@@H]4O[C@H](CO)[C@@H](O)[C@H](O)[C@H]4O)ccc3C)cc2)C1. The molecule has 34 heavy (non-hydrogen) atoms. The fourth-order valence-corrected chi connectivity index (χ4v) is 4.96. The van der Waals surface area contributed by atoms with Crippen LogP contribution in [0.2, 0.25) is 0 Å². The van der Waals surface area contributed by atoms with Crippen molar-refractivity contribution >= 4 is 0 Å². The quantitative estimate of drug-likeness (QED) is 0.490. The minimum absolute atomic E-state index is 0.182. The van der Waals surface area contributed by atoms with Crippen molar-refractivity contribution in [2.75, 3.05) is 13.7 Å². The van der Waals surface area contributed by atoms with Gasteiger partial charge in [0.15, 0.2) is 0 Å². The molecule has 4 N–H and O–H groups in total. The molecule has 1 aliphatic heterocycles. The van der Waals surface area contributed by atoms with Crippen molar-refractivity contribution in [1.82, 2.24) is 0 Å². The predicted octanol–water partition coefficient (Wildman–Crippen LogP) is 2.44. The third-order valence-electron chi connectivity index (χ3n) is 7.13. The van der Waals surface area contributed by atoms with E-state index in [1.165, 1.54) is 0 Å². The highest BCUT2D eigenvalue weighted by molar-refractivity contribution is 5.38. The third-order valence-corrected chi connectivity index (χ3v) is 7.13. The molecule has 7 nitrogen and oxygen atoms in total. The zero-order valence-electron chi connectivity index (χ0n) is 19.8. The summed E-state index contributed by atoms with van der Waals surface area (Å²) >= 11 is 0. The molecule has 2 unspecified atom stereocenters. The number of aryl methyl sites for hydroxylation is 1. The van der Waals surface area contributed by atoms with Crippen LogP contribution in [0.3, 0.4) is 0 Å². The summed E-state index contributed by atoms with van der Waals surface area (Å²) in [6, 6.07) is 13.9. The molecule has 0 aromatic heterocycles. The summed E-state index contributed by atoms with van der Waals surface area (Å²) in [6.07, 6.45) is -0.488. The maximum absolute atomic E-state index is 10.5. The Morgan fingerprint density at radius 3 is 2.38 bits per heavy atom. The fraction of sp³-hybridized carbons (Fsp3) is 0.556. The van der Waals surface area contributed by atoms with Crippen molar-refractivity contribution in [3.05, 3.63) is 64.7 Å². The van der Waals surface area contributed by atoms with Gasteiger partial charge in [0.05, 0.1) is 12.7 Å². The number of aliphatic hydroxyl groups is 4. The Bertz CT molecular complexity index is 929. The molecule has 0 radical (unpaired) electrons. The van der Waals surface area contributed by atoms with E-state index in [2.05, 4.69) is 12.1 Å². The molecule has 2 aromatic carbocycles. The molecule has 0 bridgehead atoms. The largest absolute Gasteiger partial charge is 0.490 e. The van der Waals surface area contributed by atoms with Crippen molar-refractivity contribution in [3.8, 4) is 5.75 Å². The first-order chi connectivity index (χ1) is 16.4. The summed E-state index contributed by atoms with van der Waals surface area (Å²) in [7, 11) is 1.76. The van der Waals surface area contributed by atoms with Crippen molar-refractivity contribution in [3.63, 3.8) is 0 Å². The maximum atomic E-state index is 10.5. The van der Waals surface area contributed by atoms with Crippen molar-refractivity contribution in [1.29, 1.82) is 0 Å². The van der Waals surface area contributed by atoms with Gasteiger partial charge in [0.25, 0.3) is 0 Å². The van der Waals surface area contributed by atoms with Gasteiger partial charge in [-0.15, -0.1) is 0 Å². The highest BCUT2D eigenvalue weighted by Crippen LogP contribution is 2.34. The number of hydrogen-bond acceptors (Lipinski definition) is 7. The lowest BCUT2D eigenvalue weighted by atomic mass is 9.89. The highest BCUT2D eigenvalue weighted by Gasteiger charge is 2.44. The van der Waals surface area contributed by atoms with E-state index in [0.717, 1.165) is 48.1 Å². The summed E-state index contributed by atoms with van der Waals surface area (Å²) in [5, 5.41) is 40.2. The Morgan fingerprint density at radius 2 is 1.68 bits per heavy atom. The van der Waals surface area contributed by atoms with Gasteiger partial charge in [-0.1, -0.05) is 30.3 Å². The number of methoxy groups -OCH3 is 1. The zero-order valence-corrected chi connectivity index (χ0v) is 19.8. The normalized spacial score (nSPS) is 31.9. The van der Waals surface area contributed by atoms with E-state index < -0.39 is 37.1 Å². The Kier molecular flexibility index (Phi) is 8.24. The van der Waals surface area contributed by atoms with E-state index in [-0.39, 0.29) is 12.2 Å². The molecule has 2 aliphatic rings. The number of hydrogen-bond donors (Lipinski definition) is 4. The van der Waals surface area contributed by atoms with Gasteiger partial charge in [0.2, 0.25) is 0 Å². The summed E-state index contributed by atoms with van der Waals surface area (Å²) in [5.74, 6) is 0.859. The first-order valence-electron chi connectivity index (χ1n) is 12.1. The number of benzene rings is 2. The Morgan fingerprint density at radius 1 is 0.941 bits per heavy atom. The van der Waals surface area contributed by atoms with Gasteiger partial charge in [-0.3, -0.25) is 0 Å². The number of ether oxygens (including phenoxy) is 3. The molecule has 186 valence electrons. The topological polar surface area (TPSA) is 109 Å². The number of rotatable bonds is 7. The first-order valence-corrected chi connectivity index (χ1v) is 12.1.